The fourth-order valence-electron chi connectivity index (χ4n) is 15.7. The number of ether oxygens (including phenoxy) is 3. The molecule has 15 N–H and O–H groups in total. The molecule has 0 radical (unpaired) electrons. The number of carboxylic acids is 1. The van der Waals surface area contributed by atoms with Crippen LogP contribution in [0.25, 0.3) is 0 Å². The Bertz CT molecular complexity index is 4500. The van der Waals surface area contributed by atoms with E-state index in [0.29, 0.717) is 121 Å². The van der Waals surface area contributed by atoms with E-state index in [1.807, 2.05) is 151 Å². The zero-order valence-electron chi connectivity index (χ0n) is 73.9. The number of carbonyl (C=O) groups is 14. The monoisotopic (exact) mass is 1750 g/mol. The molecular formula is C92H127N15O19. The highest BCUT2D eigenvalue weighted by Gasteiger charge is 2.44. The van der Waals surface area contributed by atoms with Crippen LogP contribution in [-0.2, 0) is 104 Å². The van der Waals surface area contributed by atoms with Gasteiger partial charge < -0.3 is 98.4 Å². The molecule has 0 aliphatic carbocycles. The number of carboxylic acid groups (broad SMARTS) is 1. The number of benzene rings is 5. The summed E-state index contributed by atoms with van der Waals surface area (Å²) in [5, 5.41) is 38.5. The second-order valence-corrected chi connectivity index (χ2v) is 33.5. The van der Waals surface area contributed by atoms with Crippen molar-refractivity contribution in [3.05, 3.63) is 161 Å². The maximum absolute atomic E-state index is 14.0. The molecule has 0 saturated carbocycles. The lowest BCUT2D eigenvalue weighted by molar-refractivity contribution is -0.152. The van der Waals surface area contributed by atoms with E-state index in [2.05, 4.69) is 42.2 Å². The zero-order valence-corrected chi connectivity index (χ0v) is 73.9. The van der Waals surface area contributed by atoms with Crippen molar-refractivity contribution in [3.63, 3.8) is 0 Å². The average molecular weight is 1750 g/mol. The molecule has 0 aromatic heterocycles. The summed E-state index contributed by atoms with van der Waals surface area (Å²) < 4.78 is 16.5. The first-order chi connectivity index (χ1) is 60.0. The van der Waals surface area contributed by atoms with Crippen molar-refractivity contribution in [1.82, 2.24) is 56.8 Å². The summed E-state index contributed by atoms with van der Waals surface area (Å²) in [4.78, 5) is 190. The molecule has 684 valence electrons. The smallest absolute Gasteiger partial charge is 0.328 e. The second-order valence-electron chi connectivity index (χ2n) is 33.5. The number of hydrogen-bond donors (Lipinski definition) is 12. The second kappa shape index (κ2) is 50.3. The number of phenolic OH excluding ortho intramolecular Hbond substituents is 1. The molecule has 34 heteroatoms. The Labute approximate surface area is 736 Å². The molecule has 12 amide bonds. The number of amides is 12. The van der Waals surface area contributed by atoms with Gasteiger partial charge in [-0.1, -0.05) is 139 Å². The summed E-state index contributed by atoms with van der Waals surface area (Å²) in [6.07, 6.45) is 6.26. The van der Waals surface area contributed by atoms with Crippen LogP contribution in [0.5, 0.6) is 17.2 Å². The summed E-state index contributed by atoms with van der Waals surface area (Å²) in [5.41, 5.74) is 20.8. The molecule has 4 aliphatic heterocycles. The van der Waals surface area contributed by atoms with Gasteiger partial charge in [0.05, 0.1) is 7.11 Å². The number of aliphatic imine (C=N–C) groups is 1. The van der Waals surface area contributed by atoms with Crippen molar-refractivity contribution in [2.75, 3.05) is 39.8 Å². The summed E-state index contributed by atoms with van der Waals surface area (Å²) >= 11 is 0. The molecule has 11 atom stereocenters. The van der Waals surface area contributed by atoms with Gasteiger partial charge in [0.25, 0.3) is 0 Å². The number of guanidine groups is 1. The molecule has 4 saturated heterocycles. The lowest BCUT2D eigenvalue weighted by atomic mass is 10.00. The standard InChI is InChI=1S/C33H51N9O7.C30H39N3O6.C29H37N3O6/c1-19(2)17-25(40-29(46)24(38-20(3)43)18-21-10-12-22(44)13-11-21)32(49)42-16-6-9-27(42)30(47)39-23(7-4-14-37-33(35)36)31(48)41-15-5-8-26(41)28(34)45;1-20(2)17-26(29(36)33-16-8-11-27(33)30(37)38-4)32-28(35)25(31-21(3)34)18-22-12-14-24(15-13-22)39-19-23-9-6-5-7-10-23;1-19(2)16-25(28(35)32-15-7-10-26(32)29(36)37)31-27(34)24(30-20(3)33)17-21-11-13-23(14-12-21)38-18-22-8-5-4-6-9-22/h10-13,19,23-27,44H,4-9,14-18H2,1-3H3,(H2,34,45)(H,38,43)(H,39,47)(H,40,46)(H4,35,36,37);5-7,9-10,12-15,20,25-27H,8,11,16-19H2,1-4H3,(H,31,34)(H,32,35);4-6,8-9,11-14,19,24-26H,7,10,15-18H2,1-3H3,(H,30,33)(H,31,34)(H,36,37)/t23-,24-,25-,26-,27-;25-,26-,27-;24-,25-,26-/m000/s1. The Hall–Kier alpha value is -12.7. The van der Waals surface area contributed by atoms with Crippen LogP contribution in [0.1, 0.15) is 174 Å². The molecule has 0 bridgehead atoms. The van der Waals surface area contributed by atoms with Gasteiger partial charge in [0, 0.05) is 72.8 Å². The van der Waals surface area contributed by atoms with E-state index >= 15 is 0 Å². The van der Waals surface area contributed by atoms with Gasteiger partial charge in [-0.05, 0) is 165 Å². The fraction of sp³-hybridized carbons (Fsp3) is 0.511. The number of primary amides is 1. The van der Waals surface area contributed by atoms with Crippen molar-refractivity contribution in [2.45, 2.75) is 245 Å². The van der Waals surface area contributed by atoms with E-state index in [4.69, 9.17) is 31.4 Å². The maximum Gasteiger partial charge on any atom is 0.328 e. The van der Waals surface area contributed by atoms with E-state index in [0.717, 1.165) is 22.3 Å². The lowest BCUT2D eigenvalue weighted by Crippen LogP contribution is -2.59. The lowest BCUT2D eigenvalue weighted by Gasteiger charge is -2.32. The van der Waals surface area contributed by atoms with Gasteiger partial charge in [0.2, 0.25) is 70.9 Å². The molecule has 4 heterocycles. The van der Waals surface area contributed by atoms with E-state index in [-0.39, 0.29) is 92.4 Å². The number of nitrogens with one attached hydrogen (secondary N) is 7. The molecular weight excluding hydrogens is 1620 g/mol. The van der Waals surface area contributed by atoms with Crippen LogP contribution in [0.2, 0.25) is 0 Å². The number of likely N-dealkylation sites (tertiary alicyclic amines) is 4. The number of nitrogens with zero attached hydrogens (tertiary/aromatic N) is 5. The minimum absolute atomic E-state index is 0.00803. The minimum Gasteiger partial charge on any atom is -0.508 e. The van der Waals surface area contributed by atoms with Gasteiger partial charge >= 0.3 is 11.9 Å². The highest BCUT2D eigenvalue weighted by Crippen LogP contribution is 2.28. The number of phenols is 1. The molecule has 5 aromatic rings. The summed E-state index contributed by atoms with van der Waals surface area (Å²) in [6, 6.07) is 30.8. The van der Waals surface area contributed by atoms with Crippen LogP contribution in [-0.4, -0.2) is 225 Å². The number of carbonyl (C=O) groups excluding carboxylic acids is 13. The Kier molecular flexibility index (Phi) is 40.1. The van der Waals surface area contributed by atoms with E-state index < -0.39 is 132 Å². The zero-order chi connectivity index (χ0) is 92.3. The van der Waals surface area contributed by atoms with E-state index in [9.17, 15) is 77.3 Å². The normalized spacial score (nSPS) is 17.5. The summed E-state index contributed by atoms with van der Waals surface area (Å²) in [7, 11) is 1.30. The number of rotatable bonds is 40. The number of aromatic hydroxyl groups is 1. The van der Waals surface area contributed by atoms with Crippen LogP contribution in [0.4, 0.5) is 0 Å². The van der Waals surface area contributed by atoms with Crippen molar-refractivity contribution < 1.29 is 91.5 Å². The third-order valence-corrected chi connectivity index (χ3v) is 21.7. The first-order valence-electron chi connectivity index (χ1n) is 43.2. The topological polar surface area (TPSA) is 495 Å². The Morgan fingerprint density at radius 3 is 1.10 bits per heavy atom. The van der Waals surface area contributed by atoms with Crippen molar-refractivity contribution in [3.8, 4) is 17.2 Å². The summed E-state index contributed by atoms with van der Waals surface area (Å²) in [5.74, 6) is -5.42. The number of hydrogen-bond acceptors (Lipinski definition) is 19. The van der Waals surface area contributed by atoms with Gasteiger partial charge in [-0.2, -0.15) is 0 Å². The predicted molar refractivity (Wildman–Crippen MR) is 470 cm³/mol. The van der Waals surface area contributed by atoms with Gasteiger partial charge in [0.1, 0.15) is 96.9 Å². The Morgan fingerprint density at radius 2 is 0.746 bits per heavy atom. The first-order valence-corrected chi connectivity index (χ1v) is 43.2. The highest BCUT2D eigenvalue weighted by atomic mass is 16.5. The number of nitrogens with two attached hydrogens (primary N) is 3. The van der Waals surface area contributed by atoms with E-state index in [1.54, 1.807) is 12.1 Å². The quantitative estimate of drug-likeness (QED) is 0.0107. The molecule has 126 heavy (non-hydrogen) atoms. The molecule has 9 rings (SSSR count). The molecule has 0 unspecified atom stereocenters. The van der Waals surface area contributed by atoms with Gasteiger partial charge in [0.15, 0.2) is 5.96 Å². The third-order valence-electron chi connectivity index (χ3n) is 21.7. The van der Waals surface area contributed by atoms with Gasteiger partial charge in [-0.25, -0.2) is 9.59 Å². The van der Waals surface area contributed by atoms with Gasteiger partial charge in [-0.3, -0.25) is 62.5 Å². The Balaban J connectivity index is 0.000000262. The molecule has 4 fully saturated rings. The maximum atomic E-state index is 14.0. The SMILES string of the molecule is CC(=O)N[C@@H](Cc1ccc(O)cc1)C(=O)N[C@@H](CC(C)C)C(=O)N1CCC[C@H]1C(=O)N[C@@H](CCCN=C(N)N)C(=O)N1CCC[C@H]1C(N)=O.CC(=O)N[C@@H](Cc1ccc(OCc2ccccc2)cc1)C(=O)N[C@@H](CC(C)C)C(=O)N1CCC[C@H]1C(=O)O.COC(=O)[C@@H]1CCCN1C(=O)[C@H](CC(C)C)NC(=O)[C@H](Cc1ccc(OCc2ccccc2)cc1)NC(C)=O. The van der Waals surface area contributed by atoms with Crippen LogP contribution in [0.15, 0.2) is 138 Å². The number of methoxy groups -OCH3 is 1. The fourth-order valence-corrected chi connectivity index (χ4v) is 15.7. The van der Waals surface area contributed by atoms with Crippen molar-refractivity contribution >= 4 is 88.8 Å². The van der Waals surface area contributed by atoms with Crippen molar-refractivity contribution in [1.29, 1.82) is 0 Å². The third kappa shape index (κ3) is 32.5. The van der Waals surface area contributed by atoms with Crippen LogP contribution in [0.3, 0.4) is 0 Å². The largest absolute Gasteiger partial charge is 0.508 e. The average Bonchev–Trinajstić information content (AvgIpc) is 1.64. The minimum atomic E-state index is -1.04. The number of esters is 1. The summed E-state index contributed by atoms with van der Waals surface area (Å²) in [6.45, 7) is 18.0. The molecule has 5 aromatic carbocycles. The molecule has 0 spiro atoms. The molecule has 4 aliphatic rings. The Morgan fingerprint density at radius 1 is 0.413 bits per heavy atom. The number of aliphatic carboxylic acids is 1. The van der Waals surface area contributed by atoms with Gasteiger partial charge in [-0.15, -0.1) is 0 Å². The van der Waals surface area contributed by atoms with Crippen LogP contribution < -0.4 is 63.9 Å². The van der Waals surface area contributed by atoms with Crippen LogP contribution in [0, 0.1) is 17.8 Å². The first kappa shape index (κ1) is 100. The van der Waals surface area contributed by atoms with Crippen molar-refractivity contribution in [2.24, 2.45) is 39.9 Å². The van der Waals surface area contributed by atoms with E-state index in [1.165, 1.54) is 59.6 Å². The molecule has 34 nitrogen and oxygen atoms in total. The predicted octanol–water partition coefficient (Wildman–Crippen LogP) is 4.90. The highest BCUT2D eigenvalue weighted by molar-refractivity contribution is 5.98. The van der Waals surface area contributed by atoms with Crippen LogP contribution >= 0.6 is 0 Å².